The number of urea groups is 1. The molecule has 0 aliphatic carbocycles. The highest BCUT2D eigenvalue weighted by Gasteiger charge is 2.27. The van der Waals surface area contributed by atoms with E-state index in [9.17, 15) is 9.59 Å². The molecule has 1 aromatic carbocycles. The Morgan fingerprint density at radius 2 is 1.74 bits per heavy atom. The predicted molar refractivity (Wildman–Crippen MR) is 104 cm³/mol. The fourth-order valence-electron chi connectivity index (χ4n) is 3.89. The van der Waals surface area contributed by atoms with Crippen molar-refractivity contribution < 1.29 is 14.3 Å². The number of ether oxygens (including phenoxy) is 1. The number of likely N-dealkylation sites (N-methyl/N-ethyl adjacent to an activating group) is 1. The van der Waals surface area contributed by atoms with Crippen LogP contribution in [0.5, 0.6) is 5.75 Å². The van der Waals surface area contributed by atoms with E-state index in [0.29, 0.717) is 44.3 Å². The number of nitrogens with zero attached hydrogens (tertiary/aromatic N) is 3. The molecule has 2 aliphatic rings. The fourth-order valence-corrected chi connectivity index (χ4v) is 3.89. The molecule has 7 nitrogen and oxygen atoms in total. The van der Waals surface area contributed by atoms with E-state index in [2.05, 4.69) is 17.1 Å². The van der Waals surface area contributed by atoms with Crippen LogP contribution >= 0.6 is 0 Å². The summed E-state index contributed by atoms with van der Waals surface area (Å²) in [4.78, 5) is 31.1. The van der Waals surface area contributed by atoms with Crippen molar-refractivity contribution in [3.05, 3.63) is 29.8 Å². The zero-order valence-corrected chi connectivity index (χ0v) is 16.3. The summed E-state index contributed by atoms with van der Waals surface area (Å²) in [6, 6.07) is 7.58. The minimum atomic E-state index is -0.0190. The van der Waals surface area contributed by atoms with Gasteiger partial charge >= 0.3 is 6.03 Å². The number of amides is 3. The third-order valence-corrected chi connectivity index (χ3v) is 5.59. The summed E-state index contributed by atoms with van der Waals surface area (Å²) in [7, 11) is 1.60. The molecule has 1 aromatic rings. The maximum atomic E-state index is 12.6. The largest absolute Gasteiger partial charge is 0.497 e. The number of rotatable bonds is 5. The topological polar surface area (TPSA) is 65.1 Å². The Kier molecular flexibility index (Phi) is 6.55. The van der Waals surface area contributed by atoms with Gasteiger partial charge in [-0.15, -0.1) is 0 Å². The Morgan fingerprint density at radius 1 is 1.07 bits per heavy atom. The molecule has 3 rings (SSSR count). The summed E-state index contributed by atoms with van der Waals surface area (Å²) in [5.74, 6) is 0.735. The van der Waals surface area contributed by atoms with Gasteiger partial charge < -0.3 is 19.9 Å². The molecule has 7 heteroatoms. The Balaban J connectivity index is 1.45. The normalized spacial score (nSPS) is 20.6. The molecule has 3 amide bonds. The van der Waals surface area contributed by atoms with Crippen LogP contribution in [0.4, 0.5) is 4.79 Å². The summed E-state index contributed by atoms with van der Waals surface area (Å²) >= 11 is 0. The Hall–Kier alpha value is -2.28. The van der Waals surface area contributed by atoms with Crippen molar-refractivity contribution in [2.75, 3.05) is 52.9 Å². The van der Waals surface area contributed by atoms with Crippen LogP contribution in [0.3, 0.4) is 0 Å². The van der Waals surface area contributed by atoms with E-state index in [-0.39, 0.29) is 11.9 Å². The number of benzene rings is 1. The number of likely N-dealkylation sites (tertiary alicyclic amines) is 1. The third kappa shape index (κ3) is 4.71. The summed E-state index contributed by atoms with van der Waals surface area (Å²) in [5, 5.41) is 3.08. The van der Waals surface area contributed by atoms with Gasteiger partial charge in [-0.05, 0) is 50.2 Å². The highest BCUT2D eigenvalue weighted by Crippen LogP contribution is 2.16. The van der Waals surface area contributed by atoms with Gasteiger partial charge in [0.15, 0.2) is 0 Å². The molecule has 2 aliphatic heterocycles. The lowest BCUT2D eigenvalue weighted by molar-refractivity contribution is 0.0664. The first kappa shape index (κ1) is 19.5. The van der Waals surface area contributed by atoms with Gasteiger partial charge in [0.2, 0.25) is 0 Å². The van der Waals surface area contributed by atoms with Gasteiger partial charge in [-0.2, -0.15) is 0 Å². The SMILES string of the molecule is CCN1CCC[C@H]1CNC(=O)N1CCN(C(=O)c2ccc(OC)cc2)CC1. The molecule has 0 radical (unpaired) electrons. The number of piperazine rings is 1. The molecule has 1 N–H and O–H groups in total. The lowest BCUT2D eigenvalue weighted by Gasteiger charge is -2.35. The average molecular weight is 374 g/mol. The molecule has 0 spiro atoms. The standard InChI is InChI=1S/C20H30N4O3/c1-3-22-10-4-5-17(22)15-21-20(26)24-13-11-23(12-14-24)19(25)16-6-8-18(27-2)9-7-16/h6-9,17H,3-5,10-15H2,1-2H3,(H,21,26)/t17-/m0/s1. The first-order valence-corrected chi connectivity index (χ1v) is 9.82. The zero-order valence-electron chi connectivity index (χ0n) is 16.3. The van der Waals surface area contributed by atoms with Gasteiger partial charge in [-0.3, -0.25) is 9.69 Å². The molecule has 0 saturated carbocycles. The van der Waals surface area contributed by atoms with Crippen LogP contribution in [-0.2, 0) is 0 Å². The van der Waals surface area contributed by atoms with Crippen LogP contribution in [0, 0.1) is 0 Å². The van der Waals surface area contributed by atoms with E-state index < -0.39 is 0 Å². The van der Waals surface area contributed by atoms with E-state index in [1.807, 2.05) is 4.90 Å². The summed E-state index contributed by atoms with van der Waals surface area (Å²) < 4.78 is 5.13. The highest BCUT2D eigenvalue weighted by molar-refractivity contribution is 5.94. The molecule has 2 fully saturated rings. The van der Waals surface area contributed by atoms with Crippen molar-refractivity contribution >= 4 is 11.9 Å². The smallest absolute Gasteiger partial charge is 0.317 e. The van der Waals surface area contributed by atoms with Crippen LogP contribution in [0.2, 0.25) is 0 Å². The van der Waals surface area contributed by atoms with E-state index in [0.717, 1.165) is 25.3 Å². The molecule has 27 heavy (non-hydrogen) atoms. The van der Waals surface area contributed by atoms with Crippen molar-refractivity contribution in [2.24, 2.45) is 0 Å². The Morgan fingerprint density at radius 3 is 2.37 bits per heavy atom. The summed E-state index contributed by atoms with van der Waals surface area (Å²) in [5.41, 5.74) is 0.648. The van der Waals surface area contributed by atoms with Crippen LogP contribution in [0.15, 0.2) is 24.3 Å². The average Bonchev–Trinajstić information content (AvgIpc) is 3.19. The van der Waals surface area contributed by atoms with E-state index >= 15 is 0 Å². The molecule has 0 unspecified atom stereocenters. The number of carbonyl (C=O) groups excluding carboxylic acids is 2. The molecule has 2 saturated heterocycles. The van der Waals surface area contributed by atoms with Gasteiger partial charge in [0.25, 0.3) is 5.91 Å². The lowest BCUT2D eigenvalue weighted by atomic mass is 10.1. The van der Waals surface area contributed by atoms with E-state index in [1.54, 1.807) is 36.3 Å². The zero-order chi connectivity index (χ0) is 19.2. The predicted octanol–water partition coefficient (Wildman–Crippen LogP) is 1.65. The van der Waals surface area contributed by atoms with Crippen molar-refractivity contribution in [1.29, 1.82) is 0 Å². The van der Waals surface area contributed by atoms with Gasteiger partial charge in [-0.25, -0.2) is 4.79 Å². The number of methoxy groups -OCH3 is 1. The first-order chi connectivity index (χ1) is 13.1. The van der Waals surface area contributed by atoms with Crippen LogP contribution in [-0.4, -0.2) is 85.6 Å². The molecule has 148 valence electrons. The number of nitrogens with one attached hydrogen (secondary N) is 1. The quantitative estimate of drug-likeness (QED) is 0.851. The molecule has 2 heterocycles. The molecule has 0 aromatic heterocycles. The number of hydrogen-bond donors (Lipinski definition) is 1. The van der Waals surface area contributed by atoms with E-state index in [1.165, 1.54) is 6.42 Å². The van der Waals surface area contributed by atoms with Crippen molar-refractivity contribution in [2.45, 2.75) is 25.8 Å². The van der Waals surface area contributed by atoms with Gasteiger partial charge in [0.05, 0.1) is 7.11 Å². The maximum absolute atomic E-state index is 12.6. The molecular formula is C20H30N4O3. The van der Waals surface area contributed by atoms with Gasteiger partial charge in [0.1, 0.15) is 5.75 Å². The second kappa shape index (κ2) is 9.08. The maximum Gasteiger partial charge on any atom is 0.317 e. The second-order valence-electron chi connectivity index (χ2n) is 7.12. The molecular weight excluding hydrogens is 344 g/mol. The van der Waals surface area contributed by atoms with Crippen LogP contribution < -0.4 is 10.1 Å². The van der Waals surface area contributed by atoms with Gasteiger partial charge in [0, 0.05) is 44.3 Å². The second-order valence-corrected chi connectivity index (χ2v) is 7.12. The van der Waals surface area contributed by atoms with E-state index in [4.69, 9.17) is 4.74 Å². The Bertz CT molecular complexity index is 641. The van der Waals surface area contributed by atoms with Crippen LogP contribution in [0.1, 0.15) is 30.1 Å². The minimum Gasteiger partial charge on any atom is -0.497 e. The molecule has 0 bridgehead atoms. The highest BCUT2D eigenvalue weighted by atomic mass is 16.5. The van der Waals surface area contributed by atoms with Gasteiger partial charge in [-0.1, -0.05) is 6.92 Å². The third-order valence-electron chi connectivity index (χ3n) is 5.59. The monoisotopic (exact) mass is 374 g/mol. The minimum absolute atomic E-state index is 0.00209. The summed E-state index contributed by atoms with van der Waals surface area (Å²) in [6.07, 6.45) is 2.36. The Labute approximate surface area is 161 Å². The van der Waals surface area contributed by atoms with Crippen LogP contribution in [0.25, 0.3) is 0 Å². The van der Waals surface area contributed by atoms with Crippen molar-refractivity contribution in [3.63, 3.8) is 0 Å². The lowest BCUT2D eigenvalue weighted by Crippen LogP contribution is -2.54. The fraction of sp³-hybridized carbons (Fsp3) is 0.600. The number of carbonyl (C=O) groups is 2. The number of hydrogen-bond acceptors (Lipinski definition) is 4. The van der Waals surface area contributed by atoms with Crippen molar-refractivity contribution in [3.8, 4) is 5.75 Å². The first-order valence-electron chi connectivity index (χ1n) is 9.82. The molecule has 1 atom stereocenters. The summed E-state index contributed by atoms with van der Waals surface area (Å²) in [6.45, 7) is 7.28. The van der Waals surface area contributed by atoms with Crippen molar-refractivity contribution in [1.82, 2.24) is 20.0 Å².